The molecule has 0 amide bonds. The molecule has 2 heterocycles. The summed E-state index contributed by atoms with van der Waals surface area (Å²) in [5.74, 6) is 2.70. The molecule has 0 N–H and O–H groups in total. The molecule has 0 fully saturated rings. The van der Waals surface area contributed by atoms with Gasteiger partial charge in [0.1, 0.15) is 5.69 Å². The van der Waals surface area contributed by atoms with E-state index in [9.17, 15) is 0 Å². The van der Waals surface area contributed by atoms with Crippen molar-refractivity contribution in [3.05, 3.63) is 95.1 Å². The predicted octanol–water partition coefficient (Wildman–Crippen LogP) is 10.9. The Morgan fingerprint density at radius 1 is 0.756 bits per heavy atom. The molecule has 41 heavy (non-hydrogen) atoms. The SMILES string of the molecule is CCC(CC)c1ccc2c(c1)sc1cc(C)c(-c3n(-c4c(C(C)C)cccc4C(C)C)c4ccccc4[n+]3C)cc12. The summed E-state index contributed by atoms with van der Waals surface area (Å²) in [6.45, 7) is 16.2. The van der Waals surface area contributed by atoms with E-state index in [4.69, 9.17) is 0 Å². The maximum Gasteiger partial charge on any atom is 0.295 e. The quantitative estimate of drug-likeness (QED) is 0.172. The number of aromatic nitrogens is 2. The lowest BCUT2D eigenvalue weighted by Crippen LogP contribution is -2.30. The molecule has 0 saturated carbocycles. The monoisotopic (exact) mass is 559 g/mol. The molecule has 0 saturated heterocycles. The normalized spacial score (nSPS) is 12.3. The summed E-state index contributed by atoms with van der Waals surface area (Å²) < 4.78 is 7.75. The van der Waals surface area contributed by atoms with E-state index in [0.29, 0.717) is 17.8 Å². The molecule has 210 valence electrons. The number of para-hydroxylation sites is 3. The Kier molecular flexibility index (Phi) is 7.28. The lowest BCUT2D eigenvalue weighted by Gasteiger charge is -2.18. The van der Waals surface area contributed by atoms with Crippen LogP contribution in [0.1, 0.15) is 94.4 Å². The average Bonchev–Trinajstić information content (AvgIpc) is 3.46. The van der Waals surface area contributed by atoms with Crippen molar-refractivity contribution in [3.8, 4) is 17.1 Å². The molecule has 0 unspecified atom stereocenters. The Labute approximate surface area is 249 Å². The third kappa shape index (κ3) is 4.50. The van der Waals surface area contributed by atoms with E-state index in [1.165, 1.54) is 83.4 Å². The van der Waals surface area contributed by atoms with Gasteiger partial charge in [0, 0.05) is 31.3 Å². The van der Waals surface area contributed by atoms with E-state index >= 15 is 0 Å². The van der Waals surface area contributed by atoms with Crippen LogP contribution in [0.15, 0.2) is 72.8 Å². The topological polar surface area (TPSA) is 8.81 Å². The highest BCUT2D eigenvalue weighted by Gasteiger charge is 2.31. The number of aryl methyl sites for hydroxylation is 2. The second-order valence-corrected chi connectivity index (χ2v) is 13.4. The minimum absolute atomic E-state index is 0.414. The van der Waals surface area contributed by atoms with Crippen LogP contribution in [0, 0.1) is 6.92 Å². The summed E-state index contributed by atoms with van der Waals surface area (Å²) in [7, 11) is 2.23. The van der Waals surface area contributed by atoms with E-state index in [0.717, 1.165) is 0 Å². The molecule has 0 radical (unpaired) electrons. The van der Waals surface area contributed by atoms with Crippen LogP contribution in [0.4, 0.5) is 0 Å². The molecule has 0 atom stereocenters. The lowest BCUT2D eigenvalue weighted by molar-refractivity contribution is -0.633. The zero-order valence-electron chi connectivity index (χ0n) is 25.9. The highest BCUT2D eigenvalue weighted by atomic mass is 32.1. The van der Waals surface area contributed by atoms with Gasteiger partial charge in [0.15, 0.2) is 11.0 Å². The first-order valence-corrected chi connectivity index (χ1v) is 16.2. The summed E-state index contributed by atoms with van der Waals surface area (Å²) in [6, 6.07) is 27.9. The molecule has 0 aliphatic heterocycles. The average molecular weight is 560 g/mol. The highest BCUT2D eigenvalue weighted by Crippen LogP contribution is 2.42. The molecule has 0 aliphatic rings. The molecule has 4 aromatic carbocycles. The fourth-order valence-corrected chi connectivity index (χ4v) is 8.04. The van der Waals surface area contributed by atoms with Gasteiger partial charge in [-0.2, -0.15) is 4.57 Å². The van der Waals surface area contributed by atoms with Crippen molar-refractivity contribution in [2.75, 3.05) is 0 Å². The standard InChI is InChI=1S/C38H43N2S/c1-9-26(10-2)27-18-19-30-32-22-31(25(7)20-35(32)41-36(30)21-27)38-39(8)33-16-11-12-17-34(33)40(38)37-28(23(3)4)14-13-15-29(37)24(5)6/h11-24,26H,9-10H2,1-8H3/q+1. The number of benzene rings is 4. The van der Waals surface area contributed by atoms with Gasteiger partial charge in [-0.3, -0.25) is 0 Å². The van der Waals surface area contributed by atoms with Crippen LogP contribution in [0.5, 0.6) is 0 Å². The molecular formula is C38H43N2S+. The molecular weight excluding hydrogens is 516 g/mol. The summed E-state index contributed by atoms with van der Waals surface area (Å²) >= 11 is 1.94. The van der Waals surface area contributed by atoms with Gasteiger partial charge in [-0.05, 0) is 79.0 Å². The third-order valence-corrected chi connectivity index (χ3v) is 10.2. The molecule has 6 rings (SSSR count). The van der Waals surface area contributed by atoms with Crippen molar-refractivity contribution in [1.82, 2.24) is 4.57 Å². The van der Waals surface area contributed by atoms with Gasteiger partial charge >= 0.3 is 0 Å². The summed E-state index contributed by atoms with van der Waals surface area (Å²) in [5.41, 5.74) is 10.7. The van der Waals surface area contributed by atoms with Crippen molar-refractivity contribution in [3.63, 3.8) is 0 Å². The molecule has 6 aromatic rings. The number of rotatable bonds is 7. The van der Waals surface area contributed by atoms with E-state index in [2.05, 4.69) is 137 Å². The highest BCUT2D eigenvalue weighted by molar-refractivity contribution is 7.25. The van der Waals surface area contributed by atoms with Crippen molar-refractivity contribution in [2.45, 2.75) is 79.1 Å². The zero-order chi connectivity index (χ0) is 29.0. The first kappa shape index (κ1) is 27.7. The molecule has 3 heteroatoms. The van der Waals surface area contributed by atoms with Crippen LogP contribution in [-0.2, 0) is 7.05 Å². The Bertz CT molecular complexity index is 1870. The van der Waals surface area contributed by atoms with Gasteiger partial charge in [-0.25, -0.2) is 4.57 Å². The van der Waals surface area contributed by atoms with Gasteiger partial charge in [0.05, 0.1) is 12.6 Å². The number of imidazole rings is 1. The maximum atomic E-state index is 2.56. The number of nitrogens with zero attached hydrogens (tertiary/aromatic N) is 2. The van der Waals surface area contributed by atoms with Gasteiger partial charge in [0.25, 0.3) is 5.82 Å². The predicted molar refractivity (Wildman–Crippen MR) is 179 cm³/mol. The number of hydrogen-bond acceptors (Lipinski definition) is 1. The van der Waals surface area contributed by atoms with Gasteiger partial charge in [-0.1, -0.05) is 84.0 Å². The number of fused-ring (bicyclic) bond motifs is 4. The Hall–Kier alpha value is -3.43. The fourth-order valence-electron chi connectivity index (χ4n) is 6.81. The van der Waals surface area contributed by atoms with Crippen LogP contribution in [-0.4, -0.2) is 4.57 Å². The van der Waals surface area contributed by atoms with Gasteiger partial charge in [-0.15, -0.1) is 11.3 Å². The van der Waals surface area contributed by atoms with E-state index in [1.807, 2.05) is 11.3 Å². The largest absolute Gasteiger partial charge is 0.295 e. The van der Waals surface area contributed by atoms with Gasteiger partial charge in [0.2, 0.25) is 0 Å². The molecule has 2 aromatic heterocycles. The Morgan fingerprint density at radius 3 is 2.07 bits per heavy atom. The second-order valence-electron chi connectivity index (χ2n) is 12.3. The minimum atomic E-state index is 0.414. The maximum absolute atomic E-state index is 2.56. The third-order valence-electron chi connectivity index (χ3n) is 9.12. The van der Waals surface area contributed by atoms with Crippen molar-refractivity contribution >= 4 is 42.5 Å². The van der Waals surface area contributed by atoms with E-state index in [1.54, 1.807) is 0 Å². The first-order chi connectivity index (χ1) is 19.7. The van der Waals surface area contributed by atoms with E-state index in [-0.39, 0.29) is 0 Å². The van der Waals surface area contributed by atoms with E-state index < -0.39 is 0 Å². The Morgan fingerprint density at radius 2 is 1.41 bits per heavy atom. The molecule has 0 spiro atoms. The Balaban J connectivity index is 1.69. The van der Waals surface area contributed by atoms with Crippen LogP contribution in [0.25, 0.3) is 48.3 Å². The lowest BCUT2D eigenvalue weighted by atomic mass is 9.92. The zero-order valence-corrected chi connectivity index (χ0v) is 26.7. The van der Waals surface area contributed by atoms with Crippen LogP contribution in [0.3, 0.4) is 0 Å². The van der Waals surface area contributed by atoms with Crippen molar-refractivity contribution in [2.24, 2.45) is 7.05 Å². The molecule has 0 aliphatic carbocycles. The van der Waals surface area contributed by atoms with Crippen LogP contribution in [0.2, 0.25) is 0 Å². The number of thiophene rings is 1. The molecule has 0 bridgehead atoms. The minimum Gasteiger partial charge on any atom is -0.225 e. The summed E-state index contributed by atoms with van der Waals surface area (Å²) in [5, 5.41) is 2.73. The first-order valence-electron chi connectivity index (χ1n) is 15.3. The van der Waals surface area contributed by atoms with Gasteiger partial charge < -0.3 is 0 Å². The molecule has 2 nitrogen and oxygen atoms in total. The number of hydrogen-bond donors (Lipinski definition) is 0. The summed E-state index contributed by atoms with van der Waals surface area (Å²) in [4.78, 5) is 0. The fraction of sp³-hybridized carbons (Fsp3) is 0.342. The summed E-state index contributed by atoms with van der Waals surface area (Å²) in [6.07, 6.45) is 2.38. The van der Waals surface area contributed by atoms with Crippen LogP contribution >= 0.6 is 11.3 Å². The smallest absolute Gasteiger partial charge is 0.225 e. The second kappa shape index (κ2) is 10.8. The van der Waals surface area contributed by atoms with Crippen LogP contribution < -0.4 is 4.57 Å². The van der Waals surface area contributed by atoms with Crippen molar-refractivity contribution in [1.29, 1.82) is 0 Å². The van der Waals surface area contributed by atoms with Crippen molar-refractivity contribution < 1.29 is 4.57 Å².